The van der Waals surface area contributed by atoms with Crippen molar-refractivity contribution in [3.8, 4) is 0 Å². The maximum absolute atomic E-state index is 13.1. The predicted octanol–water partition coefficient (Wildman–Crippen LogP) is 3.87. The van der Waals surface area contributed by atoms with Gasteiger partial charge in [0, 0.05) is 12.5 Å². The lowest BCUT2D eigenvalue weighted by atomic mass is 10.0. The summed E-state index contributed by atoms with van der Waals surface area (Å²) >= 11 is 0. The monoisotopic (exact) mass is 377 g/mol. The van der Waals surface area contributed by atoms with E-state index in [9.17, 15) is 22.8 Å². The molecule has 7 heteroatoms. The molecule has 0 saturated heterocycles. The Balaban J connectivity index is 1.53. The number of carbonyl (C=O) groups is 2. The van der Waals surface area contributed by atoms with Gasteiger partial charge in [-0.1, -0.05) is 30.3 Å². The van der Waals surface area contributed by atoms with E-state index in [1.807, 2.05) is 0 Å². The molecule has 27 heavy (non-hydrogen) atoms. The van der Waals surface area contributed by atoms with Crippen molar-refractivity contribution in [1.82, 2.24) is 5.32 Å². The average Bonchev–Trinajstić information content (AvgIpc) is 3.42. The molecular weight excluding hydrogens is 359 g/mol. The van der Waals surface area contributed by atoms with Crippen LogP contribution in [0.3, 0.4) is 0 Å². The van der Waals surface area contributed by atoms with Crippen LogP contribution in [0.5, 0.6) is 0 Å². The summed E-state index contributed by atoms with van der Waals surface area (Å²) in [5, 5.41) is 11.6. The Morgan fingerprint density at radius 2 is 1.74 bits per heavy atom. The van der Waals surface area contributed by atoms with Gasteiger partial charge in [0.2, 0.25) is 5.91 Å². The summed E-state index contributed by atoms with van der Waals surface area (Å²) in [7, 11) is 0. The van der Waals surface area contributed by atoms with E-state index >= 15 is 0 Å². The van der Waals surface area contributed by atoms with E-state index in [4.69, 9.17) is 5.11 Å². The lowest BCUT2D eigenvalue weighted by Gasteiger charge is -2.12. The minimum atomic E-state index is -4.43. The SMILES string of the molecule is O=C(O)c1ccc(CCNC(=O)C2CC2c2ccccc2C(F)(F)F)cc1. The number of aromatic carboxylic acids is 1. The summed E-state index contributed by atoms with van der Waals surface area (Å²) in [6.07, 6.45) is -3.50. The van der Waals surface area contributed by atoms with Gasteiger partial charge in [-0.05, 0) is 48.1 Å². The number of nitrogens with one attached hydrogen (secondary N) is 1. The van der Waals surface area contributed by atoms with Gasteiger partial charge in [0.1, 0.15) is 0 Å². The smallest absolute Gasteiger partial charge is 0.416 e. The molecule has 142 valence electrons. The molecule has 4 nitrogen and oxygen atoms in total. The summed E-state index contributed by atoms with van der Waals surface area (Å²) in [4.78, 5) is 23.0. The molecule has 2 aromatic carbocycles. The molecule has 0 aromatic heterocycles. The van der Waals surface area contributed by atoms with Crippen LogP contribution in [0, 0.1) is 5.92 Å². The second-order valence-electron chi connectivity index (χ2n) is 6.58. The van der Waals surface area contributed by atoms with Crippen LogP contribution in [0.15, 0.2) is 48.5 Å². The minimum absolute atomic E-state index is 0.175. The number of hydrogen-bond donors (Lipinski definition) is 2. The Morgan fingerprint density at radius 3 is 2.37 bits per heavy atom. The summed E-state index contributed by atoms with van der Waals surface area (Å²) in [5.41, 5.74) is 0.556. The van der Waals surface area contributed by atoms with Gasteiger partial charge in [0.25, 0.3) is 0 Å². The molecule has 1 amide bonds. The van der Waals surface area contributed by atoms with Crippen LogP contribution < -0.4 is 5.32 Å². The topological polar surface area (TPSA) is 66.4 Å². The number of amides is 1. The molecule has 0 aliphatic heterocycles. The van der Waals surface area contributed by atoms with Crippen LogP contribution in [0.2, 0.25) is 0 Å². The Labute approximate surface area is 154 Å². The molecule has 1 fully saturated rings. The molecule has 1 aliphatic carbocycles. The highest BCUT2D eigenvalue weighted by atomic mass is 19.4. The number of carboxylic acid groups (broad SMARTS) is 1. The van der Waals surface area contributed by atoms with Gasteiger partial charge in [-0.3, -0.25) is 4.79 Å². The molecule has 2 aromatic rings. The highest BCUT2D eigenvalue weighted by Crippen LogP contribution is 2.50. The van der Waals surface area contributed by atoms with Crippen molar-refractivity contribution in [3.05, 3.63) is 70.8 Å². The van der Waals surface area contributed by atoms with E-state index < -0.39 is 29.5 Å². The van der Waals surface area contributed by atoms with Gasteiger partial charge in [-0.15, -0.1) is 0 Å². The van der Waals surface area contributed by atoms with Crippen LogP contribution >= 0.6 is 0 Å². The Hall–Kier alpha value is -2.83. The molecule has 0 radical (unpaired) electrons. The van der Waals surface area contributed by atoms with E-state index in [1.54, 1.807) is 18.2 Å². The van der Waals surface area contributed by atoms with Gasteiger partial charge in [-0.25, -0.2) is 4.79 Å². The van der Waals surface area contributed by atoms with E-state index in [2.05, 4.69) is 5.32 Å². The quantitative estimate of drug-likeness (QED) is 0.803. The number of rotatable bonds is 6. The molecule has 3 rings (SSSR count). The molecule has 1 saturated carbocycles. The lowest BCUT2D eigenvalue weighted by Crippen LogP contribution is -2.27. The summed E-state index contributed by atoms with van der Waals surface area (Å²) in [5.74, 6) is -2.10. The Bertz CT molecular complexity index is 846. The van der Waals surface area contributed by atoms with Crippen molar-refractivity contribution in [2.24, 2.45) is 5.92 Å². The highest BCUT2D eigenvalue weighted by molar-refractivity contribution is 5.87. The number of halogens is 3. The van der Waals surface area contributed by atoms with Crippen molar-refractivity contribution in [3.63, 3.8) is 0 Å². The third-order valence-electron chi connectivity index (χ3n) is 4.71. The van der Waals surface area contributed by atoms with Crippen molar-refractivity contribution >= 4 is 11.9 Å². The zero-order chi connectivity index (χ0) is 19.6. The fourth-order valence-corrected chi connectivity index (χ4v) is 3.18. The first-order valence-corrected chi connectivity index (χ1v) is 8.53. The fourth-order valence-electron chi connectivity index (χ4n) is 3.18. The predicted molar refractivity (Wildman–Crippen MR) is 92.4 cm³/mol. The van der Waals surface area contributed by atoms with Crippen LogP contribution in [0.1, 0.15) is 39.4 Å². The van der Waals surface area contributed by atoms with Crippen LogP contribution in [-0.2, 0) is 17.4 Å². The standard InChI is InChI=1S/C20H18F3NO3/c21-20(22,23)17-4-2-1-3-14(17)15-11-16(15)18(25)24-10-9-12-5-7-13(8-6-12)19(26)27/h1-8,15-16H,9-11H2,(H,24,25)(H,26,27). The molecule has 2 N–H and O–H groups in total. The zero-order valence-corrected chi connectivity index (χ0v) is 14.3. The maximum Gasteiger partial charge on any atom is 0.416 e. The number of benzene rings is 2. The van der Waals surface area contributed by atoms with Gasteiger partial charge >= 0.3 is 12.1 Å². The summed E-state index contributed by atoms with van der Waals surface area (Å²) in [6, 6.07) is 11.7. The first-order chi connectivity index (χ1) is 12.8. The minimum Gasteiger partial charge on any atom is -0.478 e. The molecule has 2 unspecified atom stereocenters. The van der Waals surface area contributed by atoms with Crippen molar-refractivity contribution in [1.29, 1.82) is 0 Å². The Morgan fingerprint density at radius 1 is 1.07 bits per heavy atom. The normalized spacial score (nSPS) is 18.8. The van der Waals surface area contributed by atoms with E-state index in [1.165, 1.54) is 24.3 Å². The lowest BCUT2D eigenvalue weighted by molar-refractivity contribution is -0.138. The first-order valence-electron chi connectivity index (χ1n) is 8.53. The number of carbonyl (C=O) groups excluding carboxylic acids is 1. The third kappa shape index (κ3) is 4.48. The van der Waals surface area contributed by atoms with Gasteiger partial charge < -0.3 is 10.4 Å². The van der Waals surface area contributed by atoms with Crippen molar-refractivity contribution < 1.29 is 27.9 Å². The molecule has 0 heterocycles. The number of carboxylic acids is 1. The van der Waals surface area contributed by atoms with Crippen molar-refractivity contribution in [2.75, 3.05) is 6.54 Å². The average molecular weight is 377 g/mol. The van der Waals surface area contributed by atoms with E-state index in [0.29, 0.717) is 19.4 Å². The number of hydrogen-bond acceptors (Lipinski definition) is 2. The molecule has 0 bridgehead atoms. The summed E-state index contributed by atoms with van der Waals surface area (Å²) in [6.45, 7) is 0.343. The molecule has 0 spiro atoms. The van der Waals surface area contributed by atoms with Gasteiger partial charge in [0.15, 0.2) is 0 Å². The van der Waals surface area contributed by atoms with E-state index in [0.717, 1.165) is 11.6 Å². The van der Waals surface area contributed by atoms with E-state index in [-0.39, 0.29) is 17.0 Å². The van der Waals surface area contributed by atoms with Crippen LogP contribution in [-0.4, -0.2) is 23.5 Å². The van der Waals surface area contributed by atoms with Crippen LogP contribution in [0.25, 0.3) is 0 Å². The largest absolute Gasteiger partial charge is 0.478 e. The Kier molecular flexibility index (Phi) is 5.21. The summed E-state index contributed by atoms with van der Waals surface area (Å²) < 4.78 is 39.3. The zero-order valence-electron chi connectivity index (χ0n) is 14.3. The van der Waals surface area contributed by atoms with Gasteiger partial charge in [0.05, 0.1) is 11.1 Å². The molecule has 2 atom stereocenters. The van der Waals surface area contributed by atoms with Gasteiger partial charge in [-0.2, -0.15) is 13.2 Å². The molecule has 1 aliphatic rings. The highest BCUT2D eigenvalue weighted by Gasteiger charge is 2.47. The maximum atomic E-state index is 13.1. The van der Waals surface area contributed by atoms with Crippen molar-refractivity contribution in [2.45, 2.75) is 24.9 Å². The van der Waals surface area contributed by atoms with Crippen LogP contribution in [0.4, 0.5) is 13.2 Å². The fraction of sp³-hybridized carbons (Fsp3) is 0.300. The molecular formula is C20H18F3NO3. The third-order valence-corrected chi connectivity index (χ3v) is 4.71. The number of alkyl halides is 3. The second kappa shape index (κ2) is 7.42. The second-order valence-corrected chi connectivity index (χ2v) is 6.58. The first kappa shape index (κ1) is 18.9.